The molecule has 3 heteroatoms. The van der Waals surface area contributed by atoms with Crippen LogP contribution in [-0.2, 0) is 4.79 Å². The number of rotatable bonds is 5. The van der Waals surface area contributed by atoms with Crippen molar-refractivity contribution in [1.82, 2.24) is 0 Å². The number of benzene rings is 1. The van der Waals surface area contributed by atoms with E-state index in [0.717, 1.165) is 12.8 Å². The summed E-state index contributed by atoms with van der Waals surface area (Å²) in [6, 6.07) is 7.41. The molecule has 1 atom stereocenters. The van der Waals surface area contributed by atoms with Gasteiger partial charge in [0.15, 0.2) is 23.4 Å². The molecule has 3 nitrogen and oxygen atoms in total. The Labute approximate surface area is 101 Å². The quantitative estimate of drug-likeness (QED) is 0.578. The molecule has 1 aliphatic rings. The molecule has 2 rings (SSSR count). The van der Waals surface area contributed by atoms with Crippen LogP contribution in [0.5, 0.6) is 11.5 Å². The Morgan fingerprint density at radius 3 is 2.94 bits per heavy atom. The Balaban J connectivity index is 1.93. The summed E-state index contributed by atoms with van der Waals surface area (Å²) in [6.07, 6.45) is 3.55. The van der Waals surface area contributed by atoms with Crippen molar-refractivity contribution in [2.45, 2.75) is 25.4 Å². The zero-order valence-corrected chi connectivity index (χ0v) is 9.72. The first-order valence-electron chi connectivity index (χ1n) is 5.83. The Kier molecular flexibility index (Phi) is 3.81. The van der Waals surface area contributed by atoms with Crippen LogP contribution in [0.25, 0.3) is 0 Å². The lowest BCUT2D eigenvalue weighted by Crippen LogP contribution is -2.36. The van der Waals surface area contributed by atoms with Gasteiger partial charge in [0, 0.05) is 6.42 Å². The average molecular weight is 232 g/mol. The molecule has 0 aromatic heterocycles. The van der Waals surface area contributed by atoms with Crippen molar-refractivity contribution < 1.29 is 14.3 Å². The maximum Gasteiger partial charge on any atom is 0.190 e. The summed E-state index contributed by atoms with van der Waals surface area (Å²) in [5.74, 6) is 1.46. The van der Waals surface area contributed by atoms with E-state index in [4.69, 9.17) is 9.47 Å². The van der Waals surface area contributed by atoms with Gasteiger partial charge in [-0.3, -0.25) is 4.79 Å². The van der Waals surface area contributed by atoms with Gasteiger partial charge in [-0.15, -0.1) is 6.58 Å². The summed E-state index contributed by atoms with van der Waals surface area (Å²) in [5, 5.41) is 0. The van der Waals surface area contributed by atoms with Gasteiger partial charge in [0.25, 0.3) is 0 Å². The van der Waals surface area contributed by atoms with Crippen molar-refractivity contribution in [3.8, 4) is 11.5 Å². The minimum Gasteiger partial charge on any atom is -0.485 e. The highest BCUT2D eigenvalue weighted by Gasteiger charge is 2.26. The zero-order valence-electron chi connectivity index (χ0n) is 9.72. The fourth-order valence-corrected chi connectivity index (χ4v) is 1.76. The minimum atomic E-state index is -0.463. The largest absolute Gasteiger partial charge is 0.485 e. The van der Waals surface area contributed by atoms with Crippen LogP contribution in [0.3, 0.4) is 0 Å². The lowest BCUT2D eigenvalue weighted by Gasteiger charge is -2.25. The number of hydrogen-bond acceptors (Lipinski definition) is 3. The van der Waals surface area contributed by atoms with Crippen molar-refractivity contribution in [2.24, 2.45) is 0 Å². The summed E-state index contributed by atoms with van der Waals surface area (Å²) < 4.78 is 11.1. The molecule has 0 fully saturated rings. The number of ether oxygens (including phenoxy) is 2. The highest BCUT2D eigenvalue weighted by molar-refractivity contribution is 5.84. The number of para-hydroxylation sites is 2. The Morgan fingerprint density at radius 2 is 2.18 bits per heavy atom. The fraction of sp³-hybridized carbons (Fsp3) is 0.357. The van der Waals surface area contributed by atoms with E-state index in [1.54, 1.807) is 0 Å². The minimum absolute atomic E-state index is 0.0985. The van der Waals surface area contributed by atoms with E-state index in [1.165, 1.54) is 0 Å². The van der Waals surface area contributed by atoms with Crippen LogP contribution >= 0.6 is 0 Å². The molecule has 0 aliphatic carbocycles. The Hall–Kier alpha value is -1.77. The van der Waals surface area contributed by atoms with Gasteiger partial charge in [-0.1, -0.05) is 18.2 Å². The molecule has 1 aromatic carbocycles. The van der Waals surface area contributed by atoms with Gasteiger partial charge in [-0.05, 0) is 25.0 Å². The van der Waals surface area contributed by atoms with Crippen LogP contribution in [0.15, 0.2) is 36.9 Å². The summed E-state index contributed by atoms with van der Waals surface area (Å²) in [6.45, 7) is 3.94. The number of fused-ring (bicyclic) bond motifs is 1. The van der Waals surface area contributed by atoms with Crippen molar-refractivity contribution >= 4 is 5.78 Å². The van der Waals surface area contributed by atoms with Crippen LogP contribution in [0, 0.1) is 0 Å². The van der Waals surface area contributed by atoms with Gasteiger partial charge >= 0.3 is 0 Å². The second kappa shape index (κ2) is 5.53. The molecular formula is C14H16O3. The van der Waals surface area contributed by atoms with Crippen LogP contribution in [0.4, 0.5) is 0 Å². The van der Waals surface area contributed by atoms with Crippen molar-refractivity contribution in [2.75, 3.05) is 6.61 Å². The van der Waals surface area contributed by atoms with Crippen LogP contribution in [0.1, 0.15) is 19.3 Å². The lowest BCUT2D eigenvalue weighted by molar-refractivity contribution is -0.128. The lowest BCUT2D eigenvalue weighted by atomic mass is 10.1. The predicted molar refractivity (Wildman–Crippen MR) is 65.4 cm³/mol. The first-order chi connectivity index (χ1) is 8.31. The summed E-state index contributed by atoms with van der Waals surface area (Å²) in [4.78, 5) is 11.8. The van der Waals surface area contributed by atoms with Gasteiger partial charge in [-0.2, -0.15) is 0 Å². The van der Waals surface area contributed by atoms with Crippen LogP contribution in [-0.4, -0.2) is 18.5 Å². The number of unbranched alkanes of at least 4 members (excludes halogenated alkanes) is 1. The molecule has 0 spiro atoms. The summed E-state index contributed by atoms with van der Waals surface area (Å²) >= 11 is 0. The molecule has 0 radical (unpaired) electrons. The van der Waals surface area contributed by atoms with E-state index in [1.807, 2.05) is 30.3 Å². The van der Waals surface area contributed by atoms with Crippen molar-refractivity contribution in [3.63, 3.8) is 0 Å². The van der Waals surface area contributed by atoms with Crippen molar-refractivity contribution in [3.05, 3.63) is 36.9 Å². The van der Waals surface area contributed by atoms with E-state index >= 15 is 0 Å². The highest BCUT2D eigenvalue weighted by atomic mass is 16.6. The Morgan fingerprint density at radius 1 is 1.41 bits per heavy atom. The summed E-state index contributed by atoms with van der Waals surface area (Å²) in [5.41, 5.74) is 0. The molecule has 1 aliphatic heterocycles. The molecule has 0 bridgehead atoms. The second-order valence-corrected chi connectivity index (χ2v) is 4.01. The number of allylic oxidation sites excluding steroid dienone is 1. The normalized spacial score (nSPS) is 17.5. The Bertz CT molecular complexity index is 412. The molecule has 1 aromatic rings. The smallest absolute Gasteiger partial charge is 0.190 e. The first kappa shape index (κ1) is 11.7. The maximum atomic E-state index is 11.8. The maximum absolute atomic E-state index is 11.8. The number of carbonyl (C=O) groups excluding carboxylic acids is 1. The molecular weight excluding hydrogens is 216 g/mol. The zero-order chi connectivity index (χ0) is 12.1. The van der Waals surface area contributed by atoms with Gasteiger partial charge < -0.3 is 9.47 Å². The van der Waals surface area contributed by atoms with Crippen molar-refractivity contribution in [1.29, 1.82) is 0 Å². The number of ketones is 1. The van der Waals surface area contributed by atoms with Gasteiger partial charge in [0.1, 0.15) is 6.61 Å². The molecule has 0 amide bonds. The van der Waals surface area contributed by atoms with Crippen LogP contribution < -0.4 is 9.47 Å². The molecule has 0 saturated heterocycles. The summed E-state index contributed by atoms with van der Waals surface area (Å²) in [7, 11) is 0. The van der Waals surface area contributed by atoms with Crippen LogP contribution in [0.2, 0.25) is 0 Å². The van der Waals surface area contributed by atoms with Gasteiger partial charge in [-0.25, -0.2) is 0 Å². The van der Waals surface area contributed by atoms with E-state index < -0.39 is 6.10 Å². The average Bonchev–Trinajstić information content (AvgIpc) is 2.38. The second-order valence-electron chi connectivity index (χ2n) is 4.01. The number of carbonyl (C=O) groups is 1. The molecule has 1 heterocycles. The highest BCUT2D eigenvalue weighted by Crippen LogP contribution is 2.31. The van der Waals surface area contributed by atoms with E-state index in [2.05, 4.69) is 6.58 Å². The van der Waals surface area contributed by atoms with Gasteiger partial charge in [0.2, 0.25) is 0 Å². The SMILES string of the molecule is C=CCCCC(=O)C1COc2ccccc2O1. The fourth-order valence-electron chi connectivity index (χ4n) is 1.76. The van der Waals surface area contributed by atoms with Gasteiger partial charge in [0.05, 0.1) is 0 Å². The number of Topliss-reactive ketones (excluding diaryl/α,β-unsaturated/α-hetero) is 1. The third-order valence-electron chi connectivity index (χ3n) is 2.70. The first-order valence-corrected chi connectivity index (χ1v) is 5.83. The molecule has 1 unspecified atom stereocenters. The van der Waals surface area contributed by atoms with E-state index in [9.17, 15) is 4.79 Å². The molecule has 0 N–H and O–H groups in total. The third kappa shape index (κ3) is 2.87. The topological polar surface area (TPSA) is 35.5 Å². The standard InChI is InChI=1S/C14H16O3/c1-2-3-4-7-11(15)14-10-16-12-8-5-6-9-13(12)17-14/h2,5-6,8-9,14H,1,3-4,7,10H2. The monoisotopic (exact) mass is 232 g/mol. The molecule has 0 saturated carbocycles. The predicted octanol–water partition coefficient (Wildman–Crippen LogP) is 2.75. The van der Waals surface area contributed by atoms with E-state index in [0.29, 0.717) is 24.5 Å². The molecule has 17 heavy (non-hydrogen) atoms. The van der Waals surface area contributed by atoms with E-state index in [-0.39, 0.29) is 5.78 Å². The number of hydrogen-bond donors (Lipinski definition) is 0. The third-order valence-corrected chi connectivity index (χ3v) is 2.70. The molecule has 90 valence electrons.